The number of tetrazole rings is 1. The van der Waals surface area contributed by atoms with E-state index >= 15 is 0 Å². The van der Waals surface area contributed by atoms with Gasteiger partial charge < -0.3 is 5.73 Å². The van der Waals surface area contributed by atoms with Crippen molar-refractivity contribution in [3.05, 3.63) is 24.3 Å². The largest absolute Gasteiger partial charge is 0.399 e. The van der Waals surface area contributed by atoms with E-state index in [9.17, 15) is 8.42 Å². The molecule has 0 bridgehead atoms. The summed E-state index contributed by atoms with van der Waals surface area (Å²) in [6, 6.07) is 7.17. The van der Waals surface area contributed by atoms with Gasteiger partial charge in [0, 0.05) is 11.3 Å². The maximum absolute atomic E-state index is 11.9. The Kier molecular flexibility index (Phi) is 3.17. The van der Waals surface area contributed by atoms with Crippen molar-refractivity contribution in [1.29, 1.82) is 0 Å². The van der Waals surface area contributed by atoms with Gasteiger partial charge in [0.1, 0.15) is 0 Å². The molecule has 0 amide bonds. The van der Waals surface area contributed by atoms with E-state index in [0.29, 0.717) is 30.9 Å². The van der Waals surface area contributed by atoms with Gasteiger partial charge in [-0.25, -0.2) is 13.1 Å². The molecule has 8 heteroatoms. The van der Waals surface area contributed by atoms with Crippen molar-refractivity contribution in [2.24, 2.45) is 0 Å². The molecule has 1 atom stereocenters. The molecule has 1 aromatic carbocycles. The van der Waals surface area contributed by atoms with Gasteiger partial charge in [0.15, 0.2) is 15.7 Å². The highest BCUT2D eigenvalue weighted by atomic mass is 32.2. The molecule has 1 aromatic heterocycles. The zero-order valence-electron chi connectivity index (χ0n) is 10.8. The molecular formula is C12H15N5O2S. The molecule has 7 nitrogen and oxygen atoms in total. The fourth-order valence-corrected chi connectivity index (χ4v) is 4.22. The van der Waals surface area contributed by atoms with Crippen LogP contribution in [0.3, 0.4) is 0 Å². The van der Waals surface area contributed by atoms with Gasteiger partial charge in [-0.2, -0.15) is 0 Å². The van der Waals surface area contributed by atoms with Crippen molar-refractivity contribution in [2.45, 2.75) is 24.6 Å². The topological polar surface area (TPSA) is 104 Å². The van der Waals surface area contributed by atoms with Crippen LogP contribution in [0.4, 0.5) is 5.69 Å². The maximum atomic E-state index is 11.9. The summed E-state index contributed by atoms with van der Waals surface area (Å²) in [5, 5.41) is 11.1. The Morgan fingerprint density at radius 3 is 2.70 bits per heavy atom. The molecule has 0 aliphatic carbocycles. The number of sulfone groups is 1. The monoisotopic (exact) mass is 293 g/mol. The Labute approximate surface area is 116 Å². The summed E-state index contributed by atoms with van der Waals surface area (Å²) < 4.78 is 25.3. The van der Waals surface area contributed by atoms with Crippen molar-refractivity contribution in [1.82, 2.24) is 20.2 Å². The lowest BCUT2D eigenvalue weighted by Gasteiger charge is -2.10. The standard InChI is InChI=1S/C12H15N5O2S/c13-10-5-3-9(4-6-10)12-14-15-16-17(12)8-11-2-1-7-20(11,18)19/h3-6,11H,1-2,7-8,13H2. The van der Waals surface area contributed by atoms with E-state index in [4.69, 9.17) is 5.73 Å². The van der Waals surface area contributed by atoms with E-state index in [0.717, 1.165) is 5.56 Å². The molecule has 1 saturated heterocycles. The quantitative estimate of drug-likeness (QED) is 0.826. The average Bonchev–Trinajstić information content (AvgIpc) is 2.99. The van der Waals surface area contributed by atoms with Crippen LogP contribution < -0.4 is 5.73 Å². The molecule has 2 N–H and O–H groups in total. The minimum absolute atomic E-state index is 0.261. The Morgan fingerprint density at radius 1 is 1.30 bits per heavy atom. The van der Waals surface area contributed by atoms with Crippen LogP contribution in [0, 0.1) is 0 Å². The van der Waals surface area contributed by atoms with Crippen molar-refractivity contribution >= 4 is 15.5 Å². The van der Waals surface area contributed by atoms with Crippen LogP contribution in [0.5, 0.6) is 0 Å². The summed E-state index contributed by atoms with van der Waals surface area (Å²) in [7, 11) is -3.01. The molecule has 1 unspecified atom stereocenters. The van der Waals surface area contributed by atoms with E-state index in [1.165, 1.54) is 0 Å². The number of nitrogen functional groups attached to an aromatic ring is 1. The molecule has 1 aliphatic heterocycles. The molecule has 0 radical (unpaired) electrons. The minimum atomic E-state index is -3.01. The molecule has 2 aromatic rings. The summed E-state index contributed by atoms with van der Waals surface area (Å²) in [5.41, 5.74) is 7.13. The first kappa shape index (κ1) is 13.0. The van der Waals surface area contributed by atoms with Crippen molar-refractivity contribution in [2.75, 3.05) is 11.5 Å². The van der Waals surface area contributed by atoms with Gasteiger partial charge in [-0.05, 0) is 47.5 Å². The lowest BCUT2D eigenvalue weighted by atomic mass is 10.2. The van der Waals surface area contributed by atoms with Crippen molar-refractivity contribution < 1.29 is 8.42 Å². The second-order valence-electron chi connectivity index (χ2n) is 4.94. The van der Waals surface area contributed by atoms with Crippen LogP contribution >= 0.6 is 0 Å². The van der Waals surface area contributed by atoms with Gasteiger partial charge in [-0.3, -0.25) is 0 Å². The molecular weight excluding hydrogens is 278 g/mol. The summed E-state index contributed by atoms with van der Waals surface area (Å²) >= 11 is 0. The maximum Gasteiger partial charge on any atom is 0.182 e. The fraction of sp³-hybridized carbons (Fsp3) is 0.417. The number of nitrogens with zero attached hydrogens (tertiary/aromatic N) is 4. The van der Waals surface area contributed by atoms with Gasteiger partial charge in [0.05, 0.1) is 17.5 Å². The van der Waals surface area contributed by atoms with E-state index in [1.807, 2.05) is 12.1 Å². The van der Waals surface area contributed by atoms with E-state index in [1.54, 1.807) is 16.8 Å². The zero-order valence-corrected chi connectivity index (χ0v) is 11.6. The molecule has 2 heterocycles. The first-order valence-corrected chi connectivity index (χ1v) is 8.11. The molecule has 0 saturated carbocycles. The highest BCUT2D eigenvalue weighted by Gasteiger charge is 2.32. The molecule has 20 heavy (non-hydrogen) atoms. The summed E-state index contributed by atoms with van der Waals surface area (Å²) in [6.07, 6.45) is 1.38. The van der Waals surface area contributed by atoms with E-state index < -0.39 is 15.1 Å². The number of hydrogen-bond donors (Lipinski definition) is 1. The molecule has 1 fully saturated rings. The lowest BCUT2D eigenvalue weighted by Crippen LogP contribution is -2.23. The average molecular weight is 293 g/mol. The number of hydrogen-bond acceptors (Lipinski definition) is 6. The second kappa shape index (κ2) is 4.86. The second-order valence-corrected chi connectivity index (χ2v) is 7.34. The van der Waals surface area contributed by atoms with Crippen molar-refractivity contribution in [3.8, 4) is 11.4 Å². The van der Waals surface area contributed by atoms with Gasteiger partial charge in [-0.1, -0.05) is 0 Å². The molecule has 0 spiro atoms. The third kappa shape index (κ3) is 2.38. The molecule has 1 aliphatic rings. The van der Waals surface area contributed by atoms with Crippen molar-refractivity contribution in [3.63, 3.8) is 0 Å². The predicted octanol–water partition coefficient (Wildman–Crippen LogP) is 0.500. The van der Waals surface area contributed by atoms with Gasteiger partial charge in [0.2, 0.25) is 0 Å². The smallest absolute Gasteiger partial charge is 0.182 e. The molecule has 106 valence electrons. The van der Waals surface area contributed by atoms with Crippen LogP contribution in [0.2, 0.25) is 0 Å². The Hall–Kier alpha value is -1.96. The van der Waals surface area contributed by atoms with Gasteiger partial charge in [0.25, 0.3) is 0 Å². The van der Waals surface area contributed by atoms with Crippen LogP contribution in [-0.2, 0) is 16.4 Å². The Morgan fingerprint density at radius 2 is 2.05 bits per heavy atom. The number of anilines is 1. The number of aromatic nitrogens is 4. The third-order valence-corrected chi connectivity index (χ3v) is 5.80. The first-order chi connectivity index (χ1) is 9.56. The van der Waals surface area contributed by atoms with E-state index in [-0.39, 0.29) is 5.75 Å². The first-order valence-electron chi connectivity index (χ1n) is 6.40. The zero-order chi connectivity index (χ0) is 14.2. The fourth-order valence-electron chi connectivity index (χ4n) is 2.42. The summed E-state index contributed by atoms with van der Waals surface area (Å²) in [4.78, 5) is 0. The highest BCUT2D eigenvalue weighted by molar-refractivity contribution is 7.92. The number of rotatable bonds is 3. The third-order valence-electron chi connectivity index (χ3n) is 3.54. The van der Waals surface area contributed by atoms with E-state index in [2.05, 4.69) is 15.5 Å². The number of benzene rings is 1. The SMILES string of the molecule is Nc1ccc(-c2nnnn2CC2CCCS2(=O)=O)cc1. The minimum Gasteiger partial charge on any atom is -0.399 e. The van der Waals surface area contributed by atoms with Crippen LogP contribution in [-0.4, -0.2) is 39.6 Å². The van der Waals surface area contributed by atoms with Crippen LogP contribution in [0.25, 0.3) is 11.4 Å². The Bertz CT molecular complexity index is 708. The van der Waals surface area contributed by atoms with Crippen LogP contribution in [0.15, 0.2) is 24.3 Å². The lowest BCUT2D eigenvalue weighted by molar-refractivity contribution is 0.534. The summed E-state index contributed by atoms with van der Waals surface area (Å²) in [6.45, 7) is 0.301. The van der Waals surface area contributed by atoms with Crippen LogP contribution in [0.1, 0.15) is 12.8 Å². The Balaban J connectivity index is 1.89. The highest BCUT2D eigenvalue weighted by Crippen LogP contribution is 2.23. The predicted molar refractivity (Wildman–Crippen MR) is 74.5 cm³/mol. The molecule has 3 rings (SSSR count). The number of nitrogens with two attached hydrogens (primary N) is 1. The van der Waals surface area contributed by atoms with Gasteiger partial charge >= 0.3 is 0 Å². The normalized spacial score (nSPS) is 21.1. The van der Waals surface area contributed by atoms with Gasteiger partial charge in [-0.15, -0.1) is 5.10 Å². The summed E-state index contributed by atoms with van der Waals surface area (Å²) in [5.74, 6) is 0.823.